The maximum Gasteiger partial charge on any atom is 0.326 e. The lowest BCUT2D eigenvalue weighted by Crippen LogP contribution is -2.50. The quantitative estimate of drug-likeness (QED) is 0.699. The number of aliphatic carboxylic acids is 1. The monoisotopic (exact) mass is 288 g/mol. The molecule has 3 unspecified atom stereocenters. The van der Waals surface area contributed by atoms with Crippen LogP contribution >= 0.6 is 11.8 Å². The van der Waals surface area contributed by atoms with E-state index in [4.69, 9.17) is 5.11 Å². The van der Waals surface area contributed by atoms with Crippen molar-refractivity contribution in [1.29, 1.82) is 0 Å². The van der Waals surface area contributed by atoms with Crippen molar-refractivity contribution in [1.82, 2.24) is 10.6 Å². The van der Waals surface area contributed by atoms with Crippen molar-refractivity contribution in [2.24, 2.45) is 5.92 Å². The highest BCUT2D eigenvalue weighted by Gasteiger charge is 2.29. The molecule has 0 spiro atoms. The summed E-state index contributed by atoms with van der Waals surface area (Å²) in [5.74, 6) is -0.747. The Kier molecular flexibility index (Phi) is 6.48. The molecule has 0 heterocycles. The molecule has 0 aromatic heterocycles. The van der Waals surface area contributed by atoms with Crippen LogP contribution in [0.1, 0.15) is 39.5 Å². The normalized spacial score (nSPS) is 24.2. The third kappa shape index (κ3) is 5.30. The molecule has 0 radical (unpaired) electrons. The molecule has 0 aliphatic heterocycles. The lowest BCUT2D eigenvalue weighted by molar-refractivity contribution is -0.139. The first-order valence-corrected chi connectivity index (χ1v) is 8.05. The number of amides is 2. The van der Waals surface area contributed by atoms with Gasteiger partial charge in [-0.1, -0.05) is 20.3 Å². The lowest BCUT2D eigenvalue weighted by atomic mass is 10.0. The molecule has 1 saturated carbocycles. The smallest absolute Gasteiger partial charge is 0.326 e. The molecule has 1 aliphatic carbocycles. The Morgan fingerprint density at radius 2 is 2.05 bits per heavy atom. The van der Waals surface area contributed by atoms with Crippen molar-refractivity contribution in [3.8, 4) is 0 Å². The fourth-order valence-electron chi connectivity index (χ4n) is 2.43. The van der Waals surface area contributed by atoms with E-state index in [1.807, 2.05) is 20.1 Å². The summed E-state index contributed by atoms with van der Waals surface area (Å²) in [6.45, 7) is 3.88. The second-order valence-electron chi connectivity index (χ2n) is 5.45. The third-order valence-electron chi connectivity index (χ3n) is 3.38. The predicted octanol–water partition coefficient (Wildman–Crippen LogP) is 2.07. The molecule has 6 heteroatoms. The van der Waals surface area contributed by atoms with E-state index in [2.05, 4.69) is 10.6 Å². The van der Waals surface area contributed by atoms with Gasteiger partial charge in [-0.2, -0.15) is 11.8 Å². The molecule has 1 fully saturated rings. The number of carbonyl (C=O) groups is 2. The van der Waals surface area contributed by atoms with E-state index in [-0.39, 0.29) is 18.0 Å². The molecule has 0 saturated heterocycles. The molecule has 5 nitrogen and oxygen atoms in total. The van der Waals surface area contributed by atoms with Crippen LogP contribution < -0.4 is 10.6 Å². The summed E-state index contributed by atoms with van der Waals surface area (Å²) in [5.41, 5.74) is 0. The zero-order valence-corrected chi connectivity index (χ0v) is 12.6. The van der Waals surface area contributed by atoms with E-state index in [0.29, 0.717) is 11.7 Å². The number of thioether (sulfide) groups is 1. The van der Waals surface area contributed by atoms with Gasteiger partial charge >= 0.3 is 12.0 Å². The van der Waals surface area contributed by atoms with Crippen LogP contribution in [0.15, 0.2) is 0 Å². The molecule has 0 bridgehead atoms. The summed E-state index contributed by atoms with van der Waals surface area (Å²) in [5, 5.41) is 15.0. The van der Waals surface area contributed by atoms with Crippen LogP contribution in [0.2, 0.25) is 0 Å². The highest BCUT2D eigenvalue weighted by Crippen LogP contribution is 2.28. The average Bonchev–Trinajstić information content (AvgIpc) is 2.74. The molecule has 3 atom stereocenters. The van der Waals surface area contributed by atoms with E-state index in [9.17, 15) is 9.59 Å². The molecule has 1 aliphatic rings. The molecule has 19 heavy (non-hydrogen) atoms. The highest BCUT2D eigenvalue weighted by atomic mass is 32.2. The first kappa shape index (κ1) is 16.1. The van der Waals surface area contributed by atoms with E-state index in [1.165, 1.54) is 0 Å². The molecule has 0 aromatic carbocycles. The Morgan fingerprint density at radius 1 is 1.37 bits per heavy atom. The Labute approximate surface area is 118 Å². The minimum absolute atomic E-state index is 0.156. The molecular formula is C13H24N2O3S. The van der Waals surface area contributed by atoms with Gasteiger partial charge in [-0.3, -0.25) is 0 Å². The summed E-state index contributed by atoms with van der Waals surface area (Å²) in [6, 6.07) is -1.02. The van der Waals surface area contributed by atoms with Gasteiger partial charge in [-0.15, -0.1) is 0 Å². The lowest BCUT2D eigenvalue weighted by Gasteiger charge is -2.22. The number of urea groups is 1. The van der Waals surface area contributed by atoms with Crippen molar-refractivity contribution < 1.29 is 14.7 Å². The SMILES string of the molecule is CSC1CCCC1NC(=O)NC(CC(C)C)C(=O)O. The fourth-order valence-corrected chi connectivity index (χ4v) is 3.37. The number of carboxylic acid groups (broad SMARTS) is 1. The first-order chi connectivity index (χ1) is 8.93. The largest absolute Gasteiger partial charge is 0.480 e. The fraction of sp³-hybridized carbons (Fsp3) is 0.846. The highest BCUT2D eigenvalue weighted by molar-refractivity contribution is 7.99. The molecule has 0 aromatic rings. The van der Waals surface area contributed by atoms with Gasteiger partial charge in [-0.05, 0) is 31.4 Å². The van der Waals surface area contributed by atoms with Gasteiger partial charge in [0.25, 0.3) is 0 Å². The van der Waals surface area contributed by atoms with Crippen molar-refractivity contribution in [3.05, 3.63) is 0 Å². The number of nitrogens with one attached hydrogen (secondary N) is 2. The van der Waals surface area contributed by atoms with Crippen LogP contribution in [0, 0.1) is 5.92 Å². The van der Waals surface area contributed by atoms with E-state index >= 15 is 0 Å². The van der Waals surface area contributed by atoms with E-state index < -0.39 is 12.0 Å². The average molecular weight is 288 g/mol. The van der Waals surface area contributed by atoms with Gasteiger partial charge < -0.3 is 15.7 Å². The zero-order chi connectivity index (χ0) is 14.4. The van der Waals surface area contributed by atoms with E-state index in [1.54, 1.807) is 11.8 Å². The topological polar surface area (TPSA) is 78.4 Å². The second kappa shape index (κ2) is 7.62. The van der Waals surface area contributed by atoms with Crippen molar-refractivity contribution in [2.45, 2.75) is 56.9 Å². The van der Waals surface area contributed by atoms with Gasteiger partial charge in [0.1, 0.15) is 6.04 Å². The van der Waals surface area contributed by atoms with Gasteiger partial charge in [0.2, 0.25) is 0 Å². The standard InChI is InChI=1S/C13H24N2O3S/c1-8(2)7-10(12(16)17)15-13(18)14-9-5-4-6-11(9)19-3/h8-11H,4-7H2,1-3H3,(H,16,17)(H2,14,15,18). The van der Waals surface area contributed by atoms with E-state index in [0.717, 1.165) is 19.3 Å². The summed E-state index contributed by atoms with van der Waals surface area (Å²) in [4.78, 5) is 22.9. The minimum Gasteiger partial charge on any atom is -0.480 e. The number of hydrogen-bond donors (Lipinski definition) is 3. The number of carbonyl (C=O) groups excluding carboxylic acids is 1. The van der Waals surface area contributed by atoms with Crippen LogP contribution in [-0.2, 0) is 4.79 Å². The predicted molar refractivity (Wildman–Crippen MR) is 77.5 cm³/mol. The Morgan fingerprint density at radius 3 is 2.58 bits per heavy atom. The Balaban J connectivity index is 2.46. The maximum absolute atomic E-state index is 11.9. The van der Waals surface area contributed by atoms with Crippen LogP contribution in [0.5, 0.6) is 0 Å². The number of carboxylic acids is 1. The van der Waals surface area contributed by atoms with Crippen LogP contribution in [0.4, 0.5) is 4.79 Å². The van der Waals surface area contributed by atoms with Crippen molar-refractivity contribution in [3.63, 3.8) is 0 Å². The summed E-state index contributed by atoms with van der Waals surface area (Å²) in [7, 11) is 0. The number of rotatable bonds is 6. The second-order valence-corrected chi connectivity index (χ2v) is 6.53. The van der Waals surface area contributed by atoms with Crippen molar-refractivity contribution in [2.75, 3.05) is 6.26 Å². The Hall–Kier alpha value is -0.910. The number of hydrogen-bond acceptors (Lipinski definition) is 3. The minimum atomic E-state index is -0.975. The summed E-state index contributed by atoms with van der Waals surface area (Å²) in [6.07, 6.45) is 5.69. The molecule has 110 valence electrons. The van der Waals surface area contributed by atoms with Gasteiger partial charge in [0.15, 0.2) is 0 Å². The maximum atomic E-state index is 11.9. The molecule has 1 rings (SSSR count). The molecular weight excluding hydrogens is 264 g/mol. The summed E-state index contributed by atoms with van der Waals surface area (Å²) < 4.78 is 0. The van der Waals surface area contributed by atoms with Crippen molar-refractivity contribution >= 4 is 23.8 Å². The van der Waals surface area contributed by atoms with Gasteiger partial charge in [0.05, 0.1) is 0 Å². The first-order valence-electron chi connectivity index (χ1n) is 6.76. The summed E-state index contributed by atoms with van der Waals surface area (Å²) >= 11 is 1.76. The molecule has 3 N–H and O–H groups in total. The Bertz CT molecular complexity index is 323. The zero-order valence-electron chi connectivity index (χ0n) is 11.8. The molecule has 2 amide bonds. The van der Waals surface area contributed by atoms with Gasteiger partial charge in [-0.25, -0.2) is 9.59 Å². The van der Waals surface area contributed by atoms with Crippen LogP contribution in [0.25, 0.3) is 0 Å². The van der Waals surface area contributed by atoms with Crippen LogP contribution in [-0.4, -0.2) is 40.7 Å². The third-order valence-corrected chi connectivity index (χ3v) is 4.55. The van der Waals surface area contributed by atoms with Crippen LogP contribution in [0.3, 0.4) is 0 Å². The van der Waals surface area contributed by atoms with Gasteiger partial charge in [0, 0.05) is 11.3 Å².